The van der Waals surface area contributed by atoms with Crippen LogP contribution in [0.2, 0.25) is 0 Å². The number of fused-ring (bicyclic) bond motifs is 1. The maximum absolute atomic E-state index is 7.66. The van der Waals surface area contributed by atoms with E-state index in [0.717, 1.165) is 11.1 Å². The van der Waals surface area contributed by atoms with Gasteiger partial charge in [-0.25, -0.2) is 0 Å². The zero-order valence-electron chi connectivity index (χ0n) is 8.14. The molecule has 0 fully saturated rings. The van der Waals surface area contributed by atoms with Gasteiger partial charge in [0.15, 0.2) is 0 Å². The van der Waals surface area contributed by atoms with Gasteiger partial charge in [-0.15, -0.1) is 0 Å². The normalized spacial score (nSPS) is 18.2. The Kier molecular flexibility index (Phi) is 1.50. The van der Waals surface area contributed by atoms with E-state index in [2.05, 4.69) is 13.0 Å². The van der Waals surface area contributed by atoms with Crippen molar-refractivity contribution in [2.24, 2.45) is 0 Å². The third kappa shape index (κ3) is 1.05. The van der Waals surface area contributed by atoms with E-state index in [9.17, 15) is 0 Å². The number of ether oxygens (including phenoxy) is 1. The standard InChI is InChI=1S/C11H13NO/c1-7-5-4-6-8-9(7)11(2,3)13-10(8)12/h4-6,12H,1-3H3. The summed E-state index contributed by atoms with van der Waals surface area (Å²) in [6.07, 6.45) is 0. The van der Waals surface area contributed by atoms with Gasteiger partial charge in [-0.05, 0) is 32.4 Å². The van der Waals surface area contributed by atoms with E-state index in [1.165, 1.54) is 5.56 Å². The van der Waals surface area contributed by atoms with Crippen LogP contribution in [0.15, 0.2) is 18.2 Å². The molecule has 0 radical (unpaired) electrons. The molecular weight excluding hydrogens is 162 g/mol. The van der Waals surface area contributed by atoms with E-state index in [1.54, 1.807) is 0 Å². The summed E-state index contributed by atoms with van der Waals surface area (Å²) >= 11 is 0. The second-order valence-corrected chi connectivity index (χ2v) is 3.94. The minimum Gasteiger partial charge on any atom is -0.467 e. The molecule has 0 saturated carbocycles. The van der Waals surface area contributed by atoms with Gasteiger partial charge in [-0.2, -0.15) is 0 Å². The molecule has 0 saturated heterocycles. The lowest BCUT2D eigenvalue weighted by atomic mass is 9.92. The van der Waals surface area contributed by atoms with Gasteiger partial charge in [0.2, 0.25) is 5.90 Å². The van der Waals surface area contributed by atoms with E-state index in [0.29, 0.717) is 5.90 Å². The van der Waals surface area contributed by atoms with Gasteiger partial charge in [-0.3, -0.25) is 5.41 Å². The molecule has 0 aliphatic carbocycles. The Balaban J connectivity index is 2.73. The van der Waals surface area contributed by atoms with Gasteiger partial charge >= 0.3 is 0 Å². The van der Waals surface area contributed by atoms with E-state index >= 15 is 0 Å². The van der Waals surface area contributed by atoms with Crippen molar-refractivity contribution >= 4 is 5.90 Å². The number of benzene rings is 1. The Morgan fingerprint density at radius 1 is 1.31 bits per heavy atom. The zero-order chi connectivity index (χ0) is 9.64. The highest BCUT2D eigenvalue weighted by molar-refractivity contribution is 5.97. The van der Waals surface area contributed by atoms with Crippen LogP contribution in [0.25, 0.3) is 0 Å². The molecular formula is C11H13NO. The quantitative estimate of drug-likeness (QED) is 0.646. The smallest absolute Gasteiger partial charge is 0.214 e. The molecule has 1 N–H and O–H groups in total. The van der Waals surface area contributed by atoms with Crippen LogP contribution in [-0.2, 0) is 10.3 Å². The van der Waals surface area contributed by atoms with Crippen molar-refractivity contribution in [3.63, 3.8) is 0 Å². The van der Waals surface area contributed by atoms with Gasteiger partial charge in [-0.1, -0.05) is 12.1 Å². The number of rotatable bonds is 0. The molecule has 1 aliphatic rings. The first kappa shape index (κ1) is 8.30. The molecule has 0 bridgehead atoms. The zero-order valence-corrected chi connectivity index (χ0v) is 8.14. The topological polar surface area (TPSA) is 33.1 Å². The van der Waals surface area contributed by atoms with E-state index < -0.39 is 0 Å². The van der Waals surface area contributed by atoms with Gasteiger partial charge in [0.25, 0.3) is 0 Å². The summed E-state index contributed by atoms with van der Waals surface area (Å²) in [5, 5.41) is 7.66. The Labute approximate surface area is 78.0 Å². The molecule has 13 heavy (non-hydrogen) atoms. The first-order valence-corrected chi connectivity index (χ1v) is 4.40. The molecule has 1 heterocycles. The summed E-state index contributed by atoms with van der Waals surface area (Å²) in [6, 6.07) is 5.97. The van der Waals surface area contributed by atoms with Gasteiger partial charge in [0, 0.05) is 11.1 Å². The van der Waals surface area contributed by atoms with Gasteiger partial charge in [0.05, 0.1) is 0 Å². The average Bonchev–Trinajstić information content (AvgIpc) is 2.24. The molecule has 1 aromatic rings. The Hall–Kier alpha value is -1.31. The van der Waals surface area contributed by atoms with Gasteiger partial charge in [0.1, 0.15) is 5.60 Å². The van der Waals surface area contributed by atoms with Crippen LogP contribution < -0.4 is 0 Å². The molecule has 2 nitrogen and oxygen atoms in total. The molecule has 0 amide bonds. The molecule has 0 atom stereocenters. The molecule has 1 aromatic carbocycles. The lowest BCUT2D eigenvalue weighted by Crippen LogP contribution is -2.17. The minimum absolute atomic E-state index is 0.295. The number of hydrogen-bond donors (Lipinski definition) is 1. The summed E-state index contributed by atoms with van der Waals surface area (Å²) in [4.78, 5) is 0. The Morgan fingerprint density at radius 3 is 2.62 bits per heavy atom. The highest BCUT2D eigenvalue weighted by Gasteiger charge is 2.36. The van der Waals surface area contributed by atoms with Crippen LogP contribution in [0, 0.1) is 12.3 Å². The Bertz CT molecular complexity index is 380. The maximum Gasteiger partial charge on any atom is 0.214 e. The van der Waals surface area contributed by atoms with Crippen molar-refractivity contribution in [3.8, 4) is 0 Å². The van der Waals surface area contributed by atoms with Crippen molar-refractivity contribution in [1.82, 2.24) is 0 Å². The number of aryl methyl sites for hydroxylation is 1. The third-order valence-electron chi connectivity index (χ3n) is 2.48. The molecule has 2 rings (SSSR count). The van der Waals surface area contributed by atoms with Crippen molar-refractivity contribution in [2.75, 3.05) is 0 Å². The lowest BCUT2D eigenvalue weighted by molar-refractivity contribution is 0.109. The predicted octanol–water partition coefficient (Wildman–Crippen LogP) is 2.59. The SMILES string of the molecule is Cc1cccc2c1C(C)(C)OC2=N. The van der Waals surface area contributed by atoms with Crippen molar-refractivity contribution < 1.29 is 4.74 Å². The minimum atomic E-state index is -0.336. The first-order chi connectivity index (χ1) is 6.02. The summed E-state index contributed by atoms with van der Waals surface area (Å²) in [5.41, 5.74) is 2.95. The van der Waals surface area contributed by atoms with Crippen LogP contribution in [0.5, 0.6) is 0 Å². The van der Waals surface area contributed by atoms with E-state index in [-0.39, 0.29) is 5.60 Å². The van der Waals surface area contributed by atoms with Crippen LogP contribution in [0.3, 0.4) is 0 Å². The molecule has 2 heteroatoms. The van der Waals surface area contributed by atoms with Crippen molar-refractivity contribution in [3.05, 3.63) is 34.9 Å². The van der Waals surface area contributed by atoms with Crippen molar-refractivity contribution in [1.29, 1.82) is 5.41 Å². The second kappa shape index (κ2) is 2.34. The molecule has 0 spiro atoms. The van der Waals surface area contributed by atoms with Crippen molar-refractivity contribution in [2.45, 2.75) is 26.4 Å². The van der Waals surface area contributed by atoms with Crippen LogP contribution in [0.1, 0.15) is 30.5 Å². The average molecular weight is 175 g/mol. The molecule has 1 aliphatic heterocycles. The molecule has 0 unspecified atom stereocenters. The lowest BCUT2D eigenvalue weighted by Gasteiger charge is -2.19. The van der Waals surface area contributed by atoms with E-state index in [4.69, 9.17) is 10.1 Å². The van der Waals surface area contributed by atoms with E-state index in [1.807, 2.05) is 26.0 Å². The monoisotopic (exact) mass is 175 g/mol. The highest BCUT2D eigenvalue weighted by Crippen LogP contribution is 2.37. The fraction of sp³-hybridized carbons (Fsp3) is 0.364. The fourth-order valence-electron chi connectivity index (χ4n) is 2.02. The second-order valence-electron chi connectivity index (χ2n) is 3.94. The number of hydrogen-bond acceptors (Lipinski definition) is 2. The number of nitrogens with one attached hydrogen (secondary N) is 1. The molecule has 68 valence electrons. The third-order valence-corrected chi connectivity index (χ3v) is 2.48. The largest absolute Gasteiger partial charge is 0.467 e. The maximum atomic E-state index is 7.66. The van der Waals surface area contributed by atoms with Crippen LogP contribution in [-0.4, -0.2) is 5.90 Å². The fourth-order valence-corrected chi connectivity index (χ4v) is 2.02. The molecule has 0 aromatic heterocycles. The van der Waals surface area contributed by atoms with Gasteiger partial charge < -0.3 is 4.74 Å². The van der Waals surface area contributed by atoms with Crippen LogP contribution in [0.4, 0.5) is 0 Å². The Morgan fingerprint density at radius 2 is 2.00 bits per heavy atom. The summed E-state index contributed by atoms with van der Waals surface area (Å²) < 4.78 is 5.48. The summed E-state index contributed by atoms with van der Waals surface area (Å²) in [5.74, 6) is 0.295. The summed E-state index contributed by atoms with van der Waals surface area (Å²) in [7, 11) is 0. The first-order valence-electron chi connectivity index (χ1n) is 4.40. The predicted molar refractivity (Wildman–Crippen MR) is 52.1 cm³/mol. The summed E-state index contributed by atoms with van der Waals surface area (Å²) in [6.45, 7) is 6.06. The van der Waals surface area contributed by atoms with Crippen LogP contribution >= 0.6 is 0 Å². The highest BCUT2D eigenvalue weighted by atomic mass is 16.5.